The number of fused-ring (bicyclic) bond motifs is 1. The standard InChI is InChI=1S/C23H20N2OS2/c1-16-13-20-21(14-17(16)2)28-23(24-20)25(15-18-7-4-3-5-8-18)22(26)11-10-19-9-6-12-27-19/h3-14H,15H2,1-2H3/b11-10+. The maximum Gasteiger partial charge on any atom is 0.253 e. The normalized spacial score (nSPS) is 11.4. The van der Waals surface area contributed by atoms with Gasteiger partial charge in [0.1, 0.15) is 0 Å². The largest absolute Gasteiger partial charge is 0.280 e. The van der Waals surface area contributed by atoms with Crippen LogP contribution in [0.2, 0.25) is 0 Å². The molecule has 0 radical (unpaired) electrons. The molecule has 0 aliphatic carbocycles. The molecule has 0 saturated carbocycles. The van der Waals surface area contributed by atoms with Crippen molar-refractivity contribution in [3.63, 3.8) is 0 Å². The van der Waals surface area contributed by atoms with Crippen LogP contribution in [0, 0.1) is 13.8 Å². The second kappa shape index (κ2) is 8.09. The number of benzene rings is 2. The lowest BCUT2D eigenvalue weighted by atomic mass is 10.1. The van der Waals surface area contributed by atoms with Gasteiger partial charge in [-0.05, 0) is 60.2 Å². The molecular weight excluding hydrogens is 384 g/mol. The first-order chi connectivity index (χ1) is 13.6. The van der Waals surface area contributed by atoms with Gasteiger partial charge in [-0.3, -0.25) is 9.69 Å². The van der Waals surface area contributed by atoms with Crippen molar-refractivity contribution in [3.05, 3.63) is 87.6 Å². The van der Waals surface area contributed by atoms with Crippen molar-refractivity contribution in [2.24, 2.45) is 0 Å². The van der Waals surface area contributed by atoms with Gasteiger partial charge in [0, 0.05) is 11.0 Å². The first kappa shape index (κ1) is 18.6. The summed E-state index contributed by atoms with van der Waals surface area (Å²) >= 11 is 3.17. The van der Waals surface area contributed by atoms with Crippen LogP contribution in [0.5, 0.6) is 0 Å². The van der Waals surface area contributed by atoms with Gasteiger partial charge in [0.15, 0.2) is 5.13 Å². The number of nitrogens with zero attached hydrogens (tertiary/aromatic N) is 2. The highest BCUT2D eigenvalue weighted by atomic mass is 32.1. The number of aryl methyl sites for hydroxylation is 2. The third kappa shape index (κ3) is 4.06. The molecule has 0 fully saturated rings. The molecular formula is C23H20N2OS2. The van der Waals surface area contributed by atoms with Crippen molar-refractivity contribution in [1.29, 1.82) is 0 Å². The van der Waals surface area contributed by atoms with Gasteiger partial charge in [0.25, 0.3) is 5.91 Å². The van der Waals surface area contributed by atoms with E-state index < -0.39 is 0 Å². The van der Waals surface area contributed by atoms with Crippen molar-refractivity contribution in [2.75, 3.05) is 4.90 Å². The molecule has 0 atom stereocenters. The molecule has 2 heterocycles. The number of hydrogen-bond donors (Lipinski definition) is 0. The number of thiophene rings is 1. The summed E-state index contributed by atoms with van der Waals surface area (Å²) < 4.78 is 1.10. The monoisotopic (exact) mass is 404 g/mol. The first-order valence-electron chi connectivity index (χ1n) is 9.05. The lowest BCUT2D eigenvalue weighted by Gasteiger charge is -2.18. The van der Waals surface area contributed by atoms with Crippen LogP contribution in [-0.4, -0.2) is 10.9 Å². The third-order valence-electron chi connectivity index (χ3n) is 4.61. The van der Waals surface area contributed by atoms with Crippen LogP contribution in [-0.2, 0) is 11.3 Å². The van der Waals surface area contributed by atoms with Gasteiger partial charge in [-0.1, -0.05) is 47.7 Å². The number of amides is 1. The molecule has 0 N–H and O–H groups in total. The predicted octanol–water partition coefficient (Wildman–Crippen LogP) is 6.22. The highest BCUT2D eigenvalue weighted by Crippen LogP contribution is 2.32. The van der Waals surface area contributed by atoms with E-state index in [1.54, 1.807) is 33.6 Å². The van der Waals surface area contributed by atoms with Crippen molar-refractivity contribution in [1.82, 2.24) is 4.98 Å². The molecule has 0 saturated heterocycles. The number of carbonyl (C=O) groups is 1. The van der Waals surface area contributed by atoms with Gasteiger partial charge in [-0.25, -0.2) is 4.98 Å². The molecule has 140 valence electrons. The van der Waals surface area contributed by atoms with Crippen LogP contribution in [0.1, 0.15) is 21.6 Å². The molecule has 0 bridgehead atoms. The fourth-order valence-corrected chi connectivity index (χ4v) is 4.59. The molecule has 4 rings (SSSR count). The Labute approximate surface area is 172 Å². The van der Waals surface area contributed by atoms with Gasteiger partial charge in [-0.2, -0.15) is 0 Å². The van der Waals surface area contributed by atoms with Gasteiger partial charge in [-0.15, -0.1) is 11.3 Å². The average Bonchev–Trinajstić information content (AvgIpc) is 3.35. The second-order valence-electron chi connectivity index (χ2n) is 6.66. The van der Waals surface area contributed by atoms with Crippen LogP contribution in [0.3, 0.4) is 0 Å². The van der Waals surface area contributed by atoms with E-state index in [4.69, 9.17) is 4.98 Å². The molecule has 3 nitrogen and oxygen atoms in total. The fraction of sp³-hybridized carbons (Fsp3) is 0.130. The topological polar surface area (TPSA) is 33.2 Å². The summed E-state index contributed by atoms with van der Waals surface area (Å²) in [5.74, 6) is -0.0650. The van der Waals surface area contributed by atoms with Gasteiger partial charge < -0.3 is 0 Å². The average molecular weight is 405 g/mol. The zero-order chi connectivity index (χ0) is 19.5. The maximum atomic E-state index is 13.1. The van der Waals surface area contributed by atoms with Gasteiger partial charge in [0.2, 0.25) is 0 Å². The minimum atomic E-state index is -0.0650. The minimum absolute atomic E-state index is 0.0650. The minimum Gasteiger partial charge on any atom is -0.280 e. The smallest absolute Gasteiger partial charge is 0.253 e. The summed E-state index contributed by atoms with van der Waals surface area (Å²) in [6.45, 7) is 4.68. The van der Waals surface area contributed by atoms with E-state index >= 15 is 0 Å². The van der Waals surface area contributed by atoms with Crippen molar-refractivity contribution >= 4 is 50.0 Å². The molecule has 0 aliphatic heterocycles. The Morgan fingerprint density at radius 2 is 1.86 bits per heavy atom. The first-order valence-corrected chi connectivity index (χ1v) is 10.7. The number of hydrogen-bond acceptors (Lipinski definition) is 4. The Hall–Kier alpha value is -2.76. The van der Waals surface area contributed by atoms with Crippen molar-refractivity contribution in [2.45, 2.75) is 20.4 Å². The van der Waals surface area contributed by atoms with E-state index in [-0.39, 0.29) is 5.91 Å². The maximum absolute atomic E-state index is 13.1. The summed E-state index contributed by atoms with van der Waals surface area (Å²) in [6.07, 6.45) is 3.50. The van der Waals surface area contributed by atoms with Crippen molar-refractivity contribution in [3.8, 4) is 0 Å². The number of anilines is 1. The van der Waals surface area contributed by atoms with E-state index in [1.807, 2.05) is 53.9 Å². The molecule has 2 aromatic carbocycles. The van der Waals surface area contributed by atoms with E-state index in [0.29, 0.717) is 6.54 Å². The molecule has 1 amide bonds. The zero-order valence-corrected chi connectivity index (χ0v) is 17.4. The lowest BCUT2D eigenvalue weighted by molar-refractivity contribution is -0.114. The number of thiazole rings is 1. The predicted molar refractivity (Wildman–Crippen MR) is 120 cm³/mol. The molecule has 0 aliphatic rings. The number of rotatable bonds is 5. The van der Waals surface area contributed by atoms with Gasteiger partial charge >= 0.3 is 0 Å². The van der Waals surface area contributed by atoms with Crippen molar-refractivity contribution < 1.29 is 4.79 Å². The summed E-state index contributed by atoms with van der Waals surface area (Å²) in [5, 5.41) is 2.73. The molecule has 5 heteroatoms. The van der Waals surface area contributed by atoms with Crippen LogP contribution in [0.15, 0.2) is 66.1 Å². The Kier molecular flexibility index (Phi) is 5.37. The summed E-state index contributed by atoms with van der Waals surface area (Å²) in [5.41, 5.74) is 4.47. The Morgan fingerprint density at radius 3 is 2.61 bits per heavy atom. The van der Waals surface area contributed by atoms with E-state index in [1.165, 1.54) is 11.1 Å². The lowest BCUT2D eigenvalue weighted by Crippen LogP contribution is -2.28. The van der Waals surface area contributed by atoms with Crippen LogP contribution in [0.4, 0.5) is 5.13 Å². The summed E-state index contributed by atoms with van der Waals surface area (Å²) in [7, 11) is 0. The van der Waals surface area contributed by atoms with E-state index in [2.05, 4.69) is 26.0 Å². The molecule has 0 spiro atoms. The highest BCUT2D eigenvalue weighted by Gasteiger charge is 2.19. The third-order valence-corrected chi connectivity index (χ3v) is 6.49. The summed E-state index contributed by atoms with van der Waals surface area (Å²) in [6, 6.07) is 18.3. The summed E-state index contributed by atoms with van der Waals surface area (Å²) in [4.78, 5) is 20.7. The quantitative estimate of drug-likeness (QED) is 0.370. The van der Waals surface area contributed by atoms with Gasteiger partial charge in [0.05, 0.1) is 16.8 Å². The second-order valence-corrected chi connectivity index (χ2v) is 8.65. The zero-order valence-electron chi connectivity index (χ0n) is 15.8. The molecule has 0 unspecified atom stereocenters. The Balaban J connectivity index is 1.70. The van der Waals surface area contributed by atoms with Crippen LogP contribution >= 0.6 is 22.7 Å². The Bertz CT molecular complexity index is 1090. The molecule has 2 aromatic heterocycles. The fourth-order valence-electron chi connectivity index (χ4n) is 2.92. The number of aromatic nitrogens is 1. The van der Waals surface area contributed by atoms with E-state index in [0.717, 1.165) is 25.8 Å². The van der Waals surface area contributed by atoms with E-state index in [9.17, 15) is 4.79 Å². The van der Waals surface area contributed by atoms with Crippen LogP contribution in [0.25, 0.3) is 16.3 Å². The molecule has 28 heavy (non-hydrogen) atoms. The van der Waals surface area contributed by atoms with Crippen LogP contribution < -0.4 is 4.90 Å². The molecule has 4 aromatic rings. The Morgan fingerprint density at radius 1 is 1.07 bits per heavy atom. The SMILES string of the molecule is Cc1cc2nc(N(Cc3ccccc3)C(=O)/C=C/c3cccs3)sc2cc1C. The number of carbonyl (C=O) groups excluding carboxylic acids is 1. The highest BCUT2D eigenvalue weighted by molar-refractivity contribution is 7.22.